The molecule has 1 aromatic rings. The lowest BCUT2D eigenvalue weighted by atomic mass is 10.1. The molecule has 1 aromatic carbocycles. The van der Waals surface area contributed by atoms with Crippen molar-refractivity contribution in [1.29, 1.82) is 0 Å². The van der Waals surface area contributed by atoms with Gasteiger partial charge in [-0.15, -0.1) is 0 Å². The number of rotatable bonds is 3. The molecule has 0 aromatic heterocycles. The van der Waals surface area contributed by atoms with Gasteiger partial charge in [-0.3, -0.25) is 4.79 Å². The molecular formula is C14H17BrN2O3. The van der Waals surface area contributed by atoms with E-state index in [1.807, 2.05) is 25.1 Å². The first-order chi connectivity index (χ1) is 9.45. The van der Waals surface area contributed by atoms with Crippen molar-refractivity contribution >= 4 is 33.6 Å². The number of hydrogen-bond acceptors (Lipinski definition) is 2. The number of hydrogen-bond donors (Lipinski definition) is 3. The third-order valence-corrected chi connectivity index (χ3v) is 4.05. The lowest BCUT2D eigenvalue weighted by Crippen LogP contribution is -2.36. The molecule has 0 aliphatic heterocycles. The molecule has 0 heterocycles. The normalized spacial score (nSPS) is 21.5. The van der Waals surface area contributed by atoms with E-state index in [0.29, 0.717) is 19.3 Å². The van der Waals surface area contributed by atoms with Crippen molar-refractivity contribution < 1.29 is 14.7 Å². The van der Waals surface area contributed by atoms with Crippen LogP contribution in [0, 0.1) is 12.8 Å². The predicted octanol–water partition coefficient (Wildman–Crippen LogP) is 3.13. The van der Waals surface area contributed by atoms with Gasteiger partial charge in [-0.2, -0.15) is 0 Å². The second kappa shape index (κ2) is 6.26. The van der Waals surface area contributed by atoms with Crippen molar-refractivity contribution in [3.05, 3.63) is 28.2 Å². The number of halogens is 1. The minimum atomic E-state index is -0.779. The summed E-state index contributed by atoms with van der Waals surface area (Å²) in [7, 11) is 0. The third-order valence-electron chi connectivity index (χ3n) is 3.55. The quantitative estimate of drug-likeness (QED) is 0.790. The number of benzene rings is 1. The summed E-state index contributed by atoms with van der Waals surface area (Å²) < 4.78 is 0.959. The maximum absolute atomic E-state index is 11.9. The predicted molar refractivity (Wildman–Crippen MR) is 79.8 cm³/mol. The Kier molecular flexibility index (Phi) is 4.65. The number of carboxylic acid groups (broad SMARTS) is 1. The van der Waals surface area contributed by atoms with E-state index in [-0.39, 0.29) is 18.0 Å². The van der Waals surface area contributed by atoms with Crippen molar-refractivity contribution in [2.45, 2.75) is 32.2 Å². The smallest absolute Gasteiger partial charge is 0.319 e. The summed E-state index contributed by atoms with van der Waals surface area (Å²) >= 11 is 3.37. The number of anilines is 1. The van der Waals surface area contributed by atoms with Crippen LogP contribution in [0.15, 0.2) is 22.7 Å². The van der Waals surface area contributed by atoms with Gasteiger partial charge in [-0.05, 0) is 49.9 Å². The largest absolute Gasteiger partial charge is 0.481 e. The summed E-state index contributed by atoms with van der Waals surface area (Å²) in [5.74, 6) is -1.12. The molecule has 1 aliphatic carbocycles. The number of aryl methyl sites for hydroxylation is 1. The molecule has 0 radical (unpaired) electrons. The molecule has 0 saturated heterocycles. The van der Waals surface area contributed by atoms with E-state index < -0.39 is 5.97 Å². The summed E-state index contributed by atoms with van der Waals surface area (Å²) in [4.78, 5) is 22.8. The summed E-state index contributed by atoms with van der Waals surface area (Å²) in [5, 5.41) is 14.5. The van der Waals surface area contributed by atoms with Gasteiger partial charge in [0.25, 0.3) is 0 Å². The fourth-order valence-corrected chi connectivity index (χ4v) is 2.92. The number of urea groups is 1. The summed E-state index contributed by atoms with van der Waals surface area (Å²) in [6.07, 6.45) is 1.84. The van der Waals surface area contributed by atoms with E-state index in [1.165, 1.54) is 0 Å². The SMILES string of the molecule is Cc1cc(Br)ccc1NC(=O)NC1CCC(C(=O)O)C1. The van der Waals surface area contributed by atoms with Crippen molar-refractivity contribution in [2.24, 2.45) is 5.92 Å². The molecule has 108 valence electrons. The molecule has 2 rings (SSSR count). The summed E-state index contributed by atoms with van der Waals surface area (Å²) in [6.45, 7) is 1.91. The molecule has 3 N–H and O–H groups in total. The lowest BCUT2D eigenvalue weighted by Gasteiger charge is -2.14. The molecule has 2 unspecified atom stereocenters. The first-order valence-corrected chi connectivity index (χ1v) is 7.31. The van der Waals surface area contributed by atoms with E-state index in [2.05, 4.69) is 26.6 Å². The second-order valence-corrected chi connectivity index (χ2v) is 6.02. The van der Waals surface area contributed by atoms with Gasteiger partial charge in [0.15, 0.2) is 0 Å². The molecule has 6 heteroatoms. The molecule has 0 spiro atoms. The maximum Gasteiger partial charge on any atom is 0.319 e. The Balaban J connectivity index is 1.88. The van der Waals surface area contributed by atoms with Crippen LogP contribution in [0.4, 0.5) is 10.5 Å². The Morgan fingerprint density at radius 3 is 2.70 bits per heavy atom. The zero-order valence-electron chi connectivity index (χ0n) is 11.1. The van der Waals surface area contributed by atoms with Gasteiger partial charge in [0.05, 0.1) is 5.92 Å². The van der Waals surface area contributed by atoms with Gasteiger partial charge in [-0.1, -0.05) is 15.9 Å². The van der Waals surface area contributed by atoms with E-state index in [1.54, 1.807) is 0 Å². The Labute approximate surface area is 125 Å². The molecule has 2 atom stereocenters. The van der Waals surface area contributed by atoms with E-state index in [9.17, 15) is 9.59 Å². The molecule has 2 amide bonds. The van der Waals surface area contributed by atoms with Crippen molar-refractivity contribution in [3.63, 3.8) is 0 Å². The number of carbonyl (C=O) groups is 2. The van der Waals surface area contributed by atoms with Crippen LogP contribution in [0.25, 0.3) is 0 Å². The molecule has 20 heavy (non-hydrogen) atoms. The summed E-state index contributed by atoms with van der Waals surface area (Å²) in [6, 6.07) is 5.26. The Hall–Kier alpha value is -1.56. The molecular weight excluding hydrogens is 324 g/mol. The number of carboxylic acids is 1. The van der Waals surface area contributed by atoms with Gasteiger partial charge in [-0.25, -0.2) is 4.79 Å². The van der Waals surface area contributed by atoms with Gasteiger partial charge in [0, 0.05) is 16.2 Å². The second-order valence-electron chi connectivity index (χ2n) is 5.10. The monoisotopic (exact) mass is 340 g/mol. The van der Waals surface area contributed by atoms with Crippen LogP contribution < -0.4 is 10.6 Å². The van der Waals surface area contributed by atoms with Crippen molar-refractivity contribution in [2.75, 3.05) is 5.32 Å². The van der Waals surface area contributed by atoms with Gasteiger partial charge >= 0.3 is 12.0 Å². The standard InChI is InChI=1S/C14H17BrN2O3/c1-8-6-10(15)3-5-12(8)17-14(20)16-11-4-2-9(7-11)13(18)19/h3,5-6,9,11H,2,4,7H2,1H3,(H,18,19)(H2,16,17,20). The highest BCUT2D eigenvalue weighted by Gasteiger charge is 2.30. The summed E-state index contributed by atoms with van der Waals surface area (Å²) in [5.41, 5.74) is 1.71. The van der Waals surface area contributed by atoms with Crippen LogP contribution in [0.5, 0.6) is 0 Å². The highest BCUT2D eigenvalue weighted by molar-refractivity contribution is 9.10. The van der Waals surface area contributed by atoms with Crippen LogP contribution in [0.2, 0.25) is 0 Å². The fourth-order valence-electron chi connectivity index (χ4n) is 2.45. The zero-order valence-corrected chi connectivity index (χ0v) is 12.7. The van der Waals surface area contributed by atoms with Crippen LogP contribution in [0.1, 0.15) is 24.8 Å². The Morgan fingerprint density at radius 1 is 1.35 bits per heavy atom. The van der Waals surface area contributed by atoms with Crippen molar-refractivity contribution in [1.82, 2.24) is 5.32 Å². The van der Waals surface area contributed by atoms with Crippen LogP contribution >= 0.6 is 15.9 Å². The minimum Gasteiger partial charge on any atom is -0.481 e. The van der Waals surface area contributed by atoms with Crippen LogP contribution in [-0.2, 0) is 4.79 Å². The average molecular weight is 341 g/mol. The molecule has 1 saturated carbocycles. The van der Waals surface area contributed by atoms with E-state index >= 15 is 0 Å². The lowest BCUT2D eigenvalue weighted by molar-refractivity contribution is -0.141. The average Bonchev–Trinajstić information content (AvgIpc) is 2.81. The molecule has 0 bridgehead atoms. The molecule has 5 nitrogen and oxygen atoms in total. The zero-order chi connectivity index (χ0) is 14.7. The fraction of sp³-hybridized carbons (Fsp3) is 0.429. The Bertz CT molecular complexity index is 533. The van der Waals surface area contributed by atoms with Gasteiger partial charge < -0.3 is 15.7 Å². The topological polar surface area (TPSA) is 78.4 Å². The highest BCUT2D eigenvalue weighted by atomic mass is 79.9. The van der Waals surface area contributed by atoms with Gasteiger partial charge in [0.1, 0.15) is 0 Å². The molecule has 1 fully saturated rings. The van der Waals surface area contributed by atoms with E-state index in [4.69, 9.17) is 5.11 Å². The number of amides is 2. The highest BCUT2D eigenvalue weighted by Crippen LogP contribution is 2.26. The molecule has 1 aliphatic rings. The number of nitrogens with one attached hydrogen (secondary N) is 2. The van der Waals surface area contributed by atoms with Crippen LogP contribution in [0.3, 0.4) is 0 Å². The third kappa shape index (κ3) is 3.72. The number of aliphatic carboxylic acids is 1. The first kappa shape index (κ1) is 14.8. The number of carbonyl (C=O) groups excluding carboxylic acids is 1. The maximum atomic E-state index is 11.9. The van der Waals surface area contributed by atoms with Crippen molar-refractivity contribution in [3.8, 4) is 0 Å². The first-order valence-electron chi connectivity index (χ1n) is 6.52. The minimum absolute atomic E-state index is 0.0631. The van der Waals surface area contributed by atoms with Gasteiger partial charge in [0.2, 0.25) is 0 Å². The Morgan fingerprint density at radius 2 is 2.10 bits per heavy atom. The van der Waals surface area contributed by atoms with E-state index in [0.717, 1.165) is 15.7 Å². The van der Waals surface area contributed by atoms with Crippen LogP contribution in [-0.4, -0.2) is 23.1 Å².